The van der Waals surface area contributed by atoms with Crippen molar-refractivity contribution >= 4 is 34.1 Å². The van der Waals surface area contributed by atoms with E-state index >= 15 is 0 Å². The summed E-state index contributed by atoms with van der Waals surface area (Å²) in [6.45, 7) is 0. The number of ether oxygens (including phenoxy) is 2. The SMILES string of the molecule is COc1cc2c(Oc3ccc(NC(=O)C4(C(=O)Nc5ccc(F)cc5)CC4)cc3F)ccnc2cc1[OH2+]. The lowest BCUT2D eigenvalue weighted by Gasteiger charge is -2.16. The maximum atomic E-state index is 14.9. The van der Waals surface area contributed by atoms with Crippen LogP contribution in [-0.4, -0.2) is 29.0 Å². The van der Waals surface area contributed by atoms with Gasteiger partial charge in [0.25, 0.3) is 5.75 Å². The number of amides is 2. The zero-order chi connectivity index (χ0) is 26.2. The molecule has 3 aromatic carbocycles. The van der Waals surface area contributed by atoms with Crippen LogP contribution in [0.2, 0.25) is 0 Å². The van der Waals surface area contributed by atoms with Crippen molar-refractivity contribution in [3.05, 3.63) is 78.5 Å². The Balaban J connectivity index is 1.30. The van der Waals surface area contributed by atoms with Gasteiger partial charge >= 0.3 is 0 Å². The van der Waals surface area contributed by atoms with Crippen LogP contribution in [0.4, 0.5) is 20.2 Å². The predicted molar refractivity (Wildman–Crippen MR) is 133 cm³/mol. The highest BCUT2D eigenvalue weighted by atomic mass is 19.1. The van der Waals surface area contributed by atoms with Crippen molar-refractivity contribution in [2.45, 2.75) is 12.8 Å². The second-order valence-electron chi connectivity index (χ2n) is 8.62. The lowest BCUT2D eigenvalue weighted by molar-refractivity contribution is -0.131. The van der Waals surface area contributed by atoms with Crippen LogP contribution < -0.4 is 20.1 Å². The molecular weight excluding hydrogens is 484 g/mol. The summed E-state index contributed by atoms with van der Waals surface area (Å²) >= 11 is 0. The van der Waals surface area contributed by atoms with Gasteiger partial charge in [-0.05, 0) is 55.3 Å². The Morgan fingerprint density at radius 1 is 0.892 bits per heavy atom. The summed E-state index contributed by atoms with van der Waals surface area (Å²) in [5, 5.41) is 13.7. The third-order valence-corrected chi connectivity index (χ3v) is 6.15. The van der Waals surface area contributed by atoms with E-state index in [2.05, 4.69) is 15.6 Å². The first kappa shape index (κ1) is 24.0. The number of benzene rings is 3. The number of pyridine rings is 1. The minimum atomic E-state index is -1.27. The molecule has 0 unspecified atom stereocenters. The van der Waals surface area contributed by atoms with Crippen LogP contribution in [0.25, 0.3) is 10.9 Å². The van der Waals surface area contributed by atoms with Crippen molar-refractivity contribution in [3.63, 3.8) is 0 Å². The zero-order valence-corrected chi connectivity index (χ0v) is 19.6. The van der Waals surface area contributed by atoms with Crippen molar-refractivity contribution in [2.24, 2.45) is 5.41 Å². The van der Waals surface area contributed by atoms with Crippen molar-refractivity contribution in [1.82, 2.24) is 4.98 Å². The van der Waals surface area contributed by atoms with E-state index in [4.69, 9.17) is 14.6 Å². The van der Waals surface area contributed by atoms with Crippen LogP contribution in [0.1, 0.15) is 12.8 Å². The molecule has 188 valence electrons. The van der Waals surface area contributed by atoms with Crippen LogP contribution >= 0.6 is 0 Å². The van der Waals surface area contributed by atoms with Crippen LogP contribution in [0.15, 0.2) is 66.9 Å². The van der Waals surface area contributed by atoms with Crippen LogP contribution in [0, 0.1) is 17.0 Å². The number of hydrogen-bond acceptors (Lipinski definition) is 5. The van der Waals surface area contributed by atoms with E-state index in [1.165, 1.54) is 55.8 Å². The van der Waals surface area contributed by atoms with Gasteiger partial charge in [-0.1, -0.05) is 0 Å². The summed E-state index contributed by atoms with van der Waals surface area (Å²) in [4.78, 5) is 29.8. The summed E-state index contributed by atoms with van der Waals surface area (Å²) in [5.74, 6) is -1.53. The molecule has 4 N–H and O–H groups in total. The maximum Gasteiger partial charge on any atom is 0.299 e. The number of nitrogens with zero attached hydrogens (tertiary/aromatic N) is 1. The average Bonchev–Trinajstić information content (AvgIpc) is 3.69. The highest BCUT2D eigenvalue weighted by Crippen LogP contribution is 2.47. The number of rotatable bonds is 7. The van der Waals surface area contributed by atoms with Gasteiger partial charge in [-0.3, -0.25) is 14.6 Å². The first-order valence-electron chi connectivity index (χ1n) is 11.3. The van der Waals surface area contributed by atoms with Crippen LogP contribution in [0.5, 0.6) is 23.0 Å². The van der Waals surface area contributed by atoms with Gasteiger partial charge in [-0.15, -0.1) is 0 Å². The standard InChI is InChI=1S/C27H21F2N3O5/c1-36-24-13-18-20(14-21(24)33)30-11-8-22(18)37-23-7-6-17(12-19(23)29)32-26(35)27(9-10-27)25(34)31-16-4-2-15(28)3-5-16/h2-8,11-14,33H,9-10H2,1H3,(H,31,34)(H,32,35)/p+1. The third-order valence-electron chi connectivity index (χ3n) is 6.15. The Hall–Kier alpha value is -4.73. The van der Waals surface area contributed by atoms with Crippen molar-refractivity contribution in [2.75, 3.05) is 17.7 Å². The number of anilines is 2. The van der Waals surface area contributed by atoms with E-state index < -0.39 is 28.9 Å². The van der Waals surface area contributed by atoms with E-state index in [1.54, 1.807) is 12.1 Å². The fraction of sp³-hybridized carbons (Fsp3) is 0.148. The monoisotopic (exact) mass is 506 g/mol. The van der Waals surface area contributed by atoms with E-state index in [0.717, 1.165) is 6.07 Å². The summed E-state index contributed by atoms with van der Waals surface area (Å²) in [6.07, 6.45) is 2.17. The van der Waals surface area contributed by atoms with Crippen LogP contribution in [-0.2, 0) is 9.59 Å². The molecule has 4 aromatic rings. The molecule has 1 aliphatic carbocycles. The van der Waals surface area contributed by atoms with Crippen LogP contribution in [0.3, 0.4) is 0 Å². The van der Waals surface area contributed by atoms with E-state index in [0.29, 0.717) is 40.9 Å². The second-order valence-corrected chi connectivity index (χ2v) is 8.62. The molecule has 5 rings (SSSR count). The fourth-order valence-electron chi connectivity index (χ4n) is 3.90. The first-order valence-corrected chi connectivity index (χ1v) is 11.3. The maximum absolute atomic E-state index is 14.9. The first-order chi connectivity index (χ1) is 17.8. The van der Waals surface area contributed by atoms with Gasteiger partial charge in [0.15, 0.2) is 11.6 Å². The van der Waals surface area contributed by atoms with Gasteiger partial charge in [0.1, 0.15) is 17.0 Å². The predicted octanol–water partition coefficient (Wildman–Crippen LogP) is 5.11. The average molecular weight is 506 g/mol. The molecule has 0 radical (unpaired) electrons. The Labute approximate surface area is 209 Å². The van der Waals surface area contributed by atoms with Gasteiger partial charge in [0.2, 0.25) is 17.6 Å². The number of halogens is 2. The molecule has 10 heteroatoms. The topological polar surface area (TPSA) is 112 Å². The van der Waals surface area contributed by atoms with Gasteiger partial charge in [0, 0.05) is 35.1 Å². The van der Waals surface area contributed by atoms with Crippen molar-refractivity contribution in [1.29, 1.82) is 0 Å². The molecule has 1 saturated carbocycles. The molecular formula is C27H22F2N3O5+. The molecule has 1 aliphatic rings. The minimum Gasteiger partial charge on any atom is -0.591 e. The Morgan fingerprint density at radius 3 is 2.22 bits per heavy atom. The zero-order valence-electron chi connectivity index (χ0n) is 19.6. The lowest BCUT2D eigenvalue weighted by atomic mass is 10.0. The molecule has 0 atom stereocenters. The molecule has 2 amide bonds. The second kappa shape index (κ2) is 9.38. The Bertz CT molecular complexity index is 1520. The Morgan fingerprint density at radius 2 is 1.57 bits per heavy atom. The molecule has 0 spiro atoms. The van der Waals surface area contributed by atoms with Gasteiger partial charge < -0.3 is 25.2 Å². The van der Waals surface area contributed by atoms with Crippen molar-refractivity contribution in [3.8, 4) is 23.0 Å². The lowest BCUT2D eigenvalue weighted by Crippen LogP contribution is -2.35. The number of carbonyl (C=O) groups is 2. The number of methoxy groups -OCH3 is 1. The van der Waals surface area contributed by atoms with Gasteiger partial charge in [0.05, 0.1) is 18.7 Å². The van der Waals surface area contributed by atoms with E-state index in [1.807, 2.05) is 0 Å². The molecule has 37 heavy (non-hydrogen) atoms. The molecule has 0 bridgehead atoms. The highest BCUT2D eigenvalue weighted by Gasteiger charge is 2.56. The number of fused-ring (bicyclic) bond motifs is 1. The molecule has 1 heterocycles. The number of aromatic nitrogens is 1. The normalized spacial score (nSPS) is 13.6. The highest BCUT2D eigenvalue weighted by molar-refractivity contribution is 6.16. The fourth-order valence-corrected chi connectivity index (χ4v) is 3.90. The van der Waals surface area contributed by atoms with Gasteiger partial charge in [-0.25, -0.2) is 8.78 Å². The molecule has 1 fully saturated rings. The quantitative estimate of drug-likeness (QED) is 0.267. The summed E-state index contributed by atoms with van der Waals surface area (Å²) < 4.78 is 39.0. The van der Waals surface area contributed by atoms with Crippen molar-refractivity contribution < 1.29 is 33.0 Å². The molecule has 8 nitrogen and oxygen atoms in total. The summed E-state index contributed by atoms with van der Waals surface area (Å²) in [5.41, 5.74) is -0.249. The third kappa shape index (κ3) is 4.73. The minimum absolute atomic E-state index is 0.0883. The van der Waals surface area contributed by atoms with Gasteiger partial charge in [-0.2, -0.15) is 0 Å². The van der Waals surface area contributed by atoms with E-state index in [9.17, 15) is 18.4 Å². The smallest absolute Gasteiger partial charge is 0.299 e. The molecule has 0 aliphatic heterocycles. The number of carbonyl (C=O) groups excluding carboxylic acids is 2. The number of hydrogen-bond donors (Lipinski definition) is 2. The Kier molecular flexibility index (Phi) is 6.08. The molecule has 1 aromatic heterocycles. The largest absolute Gasteiger partial charge is 0.591 e. The summed E-state index contributed by atoms with van der Waals surface area (Å²) in [6, 6.07) is 13.9. The number of nitrogens with one attached hydrogen (secondary N) is 2. The molecule has 0 saturated heterocycles. The van der Waals surface area contributed by atoms with E-state index in [-0.39, 0.29) is 17.2 Å². The summed E-state index contributed by atoms with van der Waals surface area (Å²) in [7, 11) is 1.45.